The van der Waals surface area contributed by atoms with Crippen molar-refractivity contribution in [3.63, 3.8) is 0 Å². The second-order valence-electron chi connectivity index (χ2n) is 2.27. The number of hydrogen-bond donors (Lipinski definition) is 0. The Kier molecular flexibility index (Phi) is 15.4. The second kappa shape index (κ2) is 11.3. The fourth-order valence-electron chi connectivity index (χ4n) is 0.780. The van der Waals surface area contributed by atoms with Crippen LogP contribution in [-0.4, -0.2) is 0 Å². The topological polar surface area (TPSA) is 0 Å². The Balaban J connectivity index is 0. The van der Waals surface area contributed by atoms with E-state index in [0.29, 0.717) is 0 Å². The summed E-state index contributed by atoms with van der Waals surface area (Å²) in [4.78, 5) is 0. The van der Waals surface area contributed by atoms with E-state index in [-0.39, 0.29) is 17.1 Å². The molecule has 0 N–H and O–H groups in total. The average Bonchev–Trinajstić information content (AvgIpc) is 1.81. The maximum Gasteiger partial charge on any atom is 0 e. The summed E-state index contributed by atoms with van der Waals surface area (Å²) in [7, 11) is 0. The smallest absolute Gasteiger partial charge is 0 e. The first kappa shape index (κ1) is 12.2. The summed E-state index contributed by atoms with van der Waals surface area (Å²) in [5, 5.41) is 0. The van der Waals surface area contributed by atoms with Crippen LogP contribution in [0.2, 0.25) is 0 Å². The molecule has 0 bridgehead atoms. The van der Waals surface area contributed by atoms with Crippen molar-refractivity contribution in [2.75, 3.05) is 0 Å². The van der Waals surface area contributed by atoms with Gasteiger partial charge in [0.1, 0.15) is 0 Å². The van der Waals surface area contributed by atoms with Gasteiger partial charge < -0.3 is 6.92 Å². The molecule has 0 aliphatic heterocycles. The standard InChI is InChI=1S/C8H17.Fe/c1-3-5-7-8-6-4-2;/h1,3-8H2,2H3;/q-1;. The van der Waals surface area contributed by atoms with Crippen molar-refractivity contribution in [3.8, 4) is 0 Å². The first-order chi connectivity index (χ1) is 3.91. The minimum Gasteiger partial charge on any atom is -0.343 e. The van der Waals surface area contributed by atoms with Crippen LogP contribution >= 0.6 is 0 Å². The monoisotopic (exact) mass is 169 g/mol. The molecule has 9 heavy (non-hydrogen) atoms. The van der Waals surface area contributed by atoms with Crippen LogP contribution in [0, 0.1) is 6.92 Å². The van der Waals surface area contributed by atoms with Gasteiger partial charge in [-0.25, -0.2) is 0 Å². The van der Waals surface area contributed by atoms with Crippen molar-refractivity contribution in [1.29, 1.82) is 0 Å². The third-order valence-corrected chi connectivity index (χ3v) is 1.35. The van der Waals surface area contributed by atoms with Gasteiger partial charge in [-0.05, 0) is 0 Å². The third kappa shape index (κ3) is 11.9. The molecule has 0 heterocycles. The number of hydrogen-bond acceptors (Lipinski definition) is 0. The van der Waals surface area contributed by atoms with E-state index in [2.05, 4.69) is 13.8 Å². The fourth-order valence-corrected chi connectivity index (χ4v) is 0.780. The van der Waals surface area contributed by atoms with Gasteiger partial charge in [0.05, 0.1) is 0 Å². The minimum atomic E-state index is 0. The largest absolute Gasteiger partial charge is 0.343 e. The van der Waals surface area contributed by atoms with Gasteiger partial charge in [-0.2, -0.15) is 6.42 Å². The van der Waals surface area contributed by atoms with Crippen LogP contribution in [0.4, 0.5) is 0 Å². The Hall–Kier alpha value is 0.519. The molecule has 0 aromatic carbocycles. The van der Waals surface area contributed by atoms with Gasteiger partial charge >= 0.3 is 0 Å². The third-order valence-electron chi connectivity index (χ3n) is 1.35. The van der Waals surface area contributed by atoms with Gasteiger partial charge in [0.15, 0.2) is 0 Å². The quantitative estimate of drug-likeness (QED) is 0.337. The van der Waals surface area contributed by atoms with Crippen molar-refractivity contribution in [1.82, 2.24) is 0 Å². The average molecular weight is 169 g/mol. The van der Waals surface area contributed by atoms with Gasteiger partial charge in [-0.3, -0.25) is 0 Å². The summed E-state index contributed by atoms with van der Waals surface area (Å²) in [6.07, 6.45) is 7.98. The van der Waals surface area contributed by atoms with Gasteiger partial charge in [0, 0.05) is 17.1 Å². The molecule has 0 amide bonds. The number of unbranched alkanes of at least 4 members (excludes halogenated alkanes) is 5. The van der Waals surface area contributed by atoms with Gasteiger partial charge in [0.25, 0.3) is 0 Å². The zero-order valence-electron chi connectivity index (χ0n) is 6.30. The van der Waals surface area contributed by atoms with E-state index in [9.17, 15) is 0 Å². The summed E-state index contributed by atoms with van der Waals surface area (Å²) in [6, 6.07) is 0. The van der Waals surface area contributed by atoms with Crippen LogP contribution in [0.15, 0.2) is 0 Å². The van der Waals surface area contributed by atoms with Crippen LogP contribution in [0.1, 0.15) is 45.4 Å². The maximum absolute atomic E-state index is 3.78. The van der Waals surface area contributed by atoms with E-state index in [1.165, 1.54) is 32.1 Å². The molecule has 1 heteroatoms. The van der Waals surface area contributed by atoms with E-state index in [0.717, 1.165) is 6.42 Å². The van der Waals surface area contributed by atoms with Crippen LogP contribution < -0.4 is 0 Å². The summed E-state index contributed by atoms with van der Waals surface area (Å²) < 4.78 is 0. The van der Waals surface area contributed by atoms with Crippen LogP contribution in [0.3, 0.4) is 0 Å². The fraction of sp³-hybridized carbons (Fsp3) is 0.875. The Morgan fingerprint density at radius 3 is 2.00 bits per heavy atom. The number of rotatable bonds is 5. The van der Waals surface area contributed by atoms with Crippen LogP contribution in [0.25, 0.3) is 0 Å². The molecule has 0 nitrogen and oxygen atoms in total. The van der Waals surface area contributed by atoms with Gasteiger partial charge in [0.2, 0.25) is 0 Å². The zero-order valence-corrected chi connectivity index (χ0v) is 7.41. The summed E-state index contributed by atoms with van der Waals surface area (Å²) in [5.41, 5.74) is 0. The molecular weight excluding hydrogens is 152 g/mol. The van der Waals surface area contributed by atoms with E-state index in [4.69, 9.17) is 0 Å². The SMILES string of the molecule is [CH2-]CCCCCCC.[Fe]. The van der Waals surface area contributed by atoms with Gasteiger partial charge in [-0.1, -0.05) is 39.0 Å². The van der Waals surface area contributed by atoms with E-state index < -0.39 is 0 Å². The molecule has 0 atom stereocenters. The molecular formula is C8H17Fe-. The molecule has 0 aromatic rings. The summed E-state index contributed by atoms with van der Waals surface area (Å²) in [6.45, 7) is 6.02. The molecule has 58 valence electrons. The van der Waals surface area contributed by atoms with Crippen molar-refractivity contribution in [2.45, 2.75) is 45.4 Å². The normalized spacial score (nSPS) is 8.67. The Morgan fingerprint density at radius 1 is 1.00 bits per heavy atom. The Labute approximate surface area is 69.9 Å². The van der Waals surface area contributed by atoms with E-state index in [1.807, 2.05) is 0 Å². The molecule has 0 aliphatic carbocycles. The van der Waals surface area contributed by atoms with Crippen molar-refractivity contribution in [2.24, 2.45) is 0 Å². The first-order valence-electron chi connectivity index (χ1n) is 3.71. The Morgan fingerprint density at radius 2 is 1.56 bits per heavy atom. The van der Waals surface area contributed by atoms with Crippen LogP contribution in [0.5, 0.6) is 0 Å². The molecule has 0 saturated carbocycles. The summed E-state index contributed by atoms with van der Waals surface area (Å²) in [5.74, 6) is 0. The molecule has 0 saturated heterocycles. The summed E-state index contributed by atoms with van der Waals surface area (Å²) >= 11 is 0. The molecule has 0 spiro atoms. The van der Waals surface area contributed by atoms with Gasteiger partial charge in [-0.15, -0.1) is 0 Å². The zero-order chi connectivity index (χ0) is 6.24. The molecule has 0 aromatic heterocycles. The maximum atomic E-state index is 3.78. The van der Waals surface area contributed by atoms with Crippen LogP contribution in [-0.2, 0) is 17.1 Å². The van der Waals surface area contributed by atoms with E-state index in [1.54, 1.807) is 0 Å². The molecule has 0 rings (SSSR count). The predicted molar refractivity (Wildman–Crippen MR) is 38.7 cm³/mol. The first-order valence-corrected chi connectivity index (χ1v) is 3.71. The molecule has 0 aliphatic rings. The molecule has 0 fully saturated rings. The van der Waals surface area contributed by atoms with Crippen molar-refractivity contribution in [3.05, 3.63) is 6.92 Å². The van der Waals surface area contributed by atoms with Crippen molar-refractivity contribution < 1.29 is 17.1 Å². The second-order valence-corrected chi connectivity index (χ2v) is 2.27. The molecule has 0 radical (unpaired) electrons. The van der Waals surface area contributed by atoms with Crippen molar-refractivity contribution >= 4 is 0 Å². The van der Waals surface area contributed by atoms with E-state index >= 15 is 0 Å². The minimum absolute atomic E-state index is 0. The predicted octanol–water partition coefficient (Wildman–Crippen LogP) is 3.18. The molecule has 0 unspecified atom stereocenters. The Bertz CT molecular complexity index is 29.5.